The van der Waals surface area contributed by atoms with Crippen molar-refractivity contribution in [3.63, 3.8) is 0 Å². The highest BCUT2D eigenvalue weighted by atomic mass is 19.1. The topological polar surface area (TPSA) is 70.0 Å². The van der Waals surface area contributed by atoms with Crippen molar-refractivity contribution in [1.82, 2.24) is 4.90 Å². The van der Waals surface area contributed by atoms with E-state index in [1.165, 1.54) is 12.1 Å². The molecule has 1 heterocycles. The van der Waals surface area contributed by atoms with Crippen LogP contribution in [0.5, 0.6) is 0 Å². The Morgan fingerprint density at radius 2 is 1.69 bits per heavy atom. The second-order valence-electron chi connectivity index (χ2n) is 9.98. The second kappa shape index (κ2) is 8.15. The van der Waals surface area contributed by atoms with E-state index < -0.39 is 11.6 Å². The fourth-order valence-corrected chi connectivity index (χ4v) is 4.91. The third-order valence-electron chi connectivity index (χ3n) is 6.94. The Balaban J connectivity index is 1.66. The Morgan fingerprint density at radius 1 is 1.09 bits per heavy atom. The van der Waals surface area contributed by atoms with Crippen molar-refractivity contribution in [2.45, 2.75) is 58.7 Å². The molecular formula is C26H29FN2O3. The van der Waals surface area contributed by atoms with Gasteiger partial charge in [-0.15, -0.1) is 0 Å². The number of aliphatic imine (C=N–C) groups is 1. The minimum atomic E-state index is -0.979. The number of benzene rings is 2. The quantitative estimate of drug-likeness (QED) is 0.708. The third-order valence-corrected chi connectivity index (χ3v) is 6.94. The fourth-order valence-electron chi connectivity index (χ4n) is 4.91. The highest BCUT2D eigenvalue weighted by Gasteiger charge is 2.49. The summed E-state index contributed by atoms with van der Waals surface area (Å²) in [6.07, 6.45) is 3.51. The maximum absolute atomic E-state index is 13.5. The molecule has 1 saturated carbocycles. The minimum absolute atomic E-state index is 0.159. The van der Waals surface area contributed by atoms with Crippen LogP contribution in [0.2, 0.25) is 0 Å². The van der Waals surface area contributed by atoms with Gasteiger partial charge in [0.25, 0.3) is 5.91 Å². The van der Waals surface area contributed by atoms with Gasteiger partial charge < -0.3 is 10.0 Å². The van der Waals surface area contributed by atoms with E-state index >= 15 is 0 Å². The Morgan fingerprint density at radius 3 is 2.22 bits per heavy atom. The number of rotatable bonds is 4. The van der Waals surface area contributed by atoms with Crippen LogP contribution < -0.4 is 0 Å². The van der Waals surface area contributed by atoms with E-state index in [9.17, 15) is 14.0 Å². The molecule has 0 unspecified atom stereocenters. The lowest BCUT2D eigenvalue weighted by Crippen LogP contribution is -2.49. The van der Waals surface area contributed by atoms with Crippen LogP contribution in [0.15, 0.2) is 53.5 Å². The van der Waals surface area contributed by atoms with Crippen LogP contribution in [0.25, 0.3) is 0 Å². The summed E-state index contributed by atoms with van der Waals surface area (Å²) < 4.78 is 13.5. The van der Waals surface area contributed by atoms with E-state index in [-0.39, 0.29) is 22.7 Å². The first-order valence-corrected chi connectivity index (χ1v) is 11.1. The van der Waals surface area contributed by atoms with Gasteiger partial charge in [0.2, 0.25) is 0 Å². The molecule has 0 bridgehead atoms. The maximum atomic E-state index is 13.5. The molecule has 2 aromatic carbocycles. The molecule has 0 atom stereocenters. The smallest absolute Gasteiger partial charge is 0.335 e. The Bertz CT molecular complexity index is 1040. The van der Waals surface area contributed by atoms with Gasteiger partial charge in [0, 0.05) is 12.1 Å². The van der Waals surface area contributed by atoms with Gasteiger partial charge in [-0.25, -0.2) is 9.18 Å². The summed E-state index contributed by atoms with van der Waals surface area (Å²) in [5.41, 5.74) is 1.65. The Kier molecular flexibility index (Phi) is 5.65. The lowest BCUT2D eigenvalue weighted by atomic mass is 9.69. The number of amides is 1. The van der Waals surface area contributed by atoms with Gasteiger partial charge in [0.15, 0.2) is 0 Å². The highest BCUT2D eigenvalue weighted by Crippen LogP contribution is 2.47. The van der Waals surface area contributed by atoms with E-state index in [4.69, 9.17) is 10.1 Å². The van der Waals surface area contributed by atoms with Gasteiger partial charge in [-0.1, -0.05) is 32.9 Å². The van der Waals surface area contributed by atoms with Crippen molar-refractivity contribution in [3.05, 3.63) is 71.0 Å². The SMILES string of the molecule is CC(C)(C)C1CCC2(CC1)N=C(c1ccc(F)cc1)C(=O)N2Cc1ccc(C(=O)O)cc1. The van der Waals surface area contributed by atoms with Crippen LogP contribution in [0.3, 0.4) is 0 Å². The van der Waals surface area contributed by atoms with E-state index in [0.29, 0.717) is 23.7 Å². The lowest BCUT2D eigenvalue weighted by Gasteiger charge is -2.44. The predicted molar refractivity (Wildman–Crippen MR) is 121 cm³/mol. The van der Waals surface area contributed by atoms with Crippen molar-refractivity contribution >= 4 is 17.6 Å². The number of hydrogen-bond donors (Lipinski definition) is 1. The summed E-state index contributed by atoms with van der Waals surface area (Å²) in [4.78, 5) is 31.5. The van der Waals surface area contributed by atoms with Crippen LogP contribution in [0.1, 0.15) is 67.9 Å². The van der Waals surface area contributed by atoms with Crippen LogP contribution in [-0.2, 0) is 11.3 Å². The zero-order valence-corrected chi connectivity index (χ0v) is 18.8. The summed E-state index contributed by atoms with van der Waals surface area (Å²) in [6, 6.07) is 12.5. The molecule has 1 N–H and O–H groups in total. The molecule has 1 spiro atoms. The van der Waals surface area contributed by atoms with Gasteiger partial charge in [0.05, 0.1) is 5.56 Å². The van der Waals surface area contributed by atoms with Crippen LogP contribution in [0, 0.1) is 17.2 Å². The number of carbonyl (C=O) groups is 2. The summed E-state index contributed by atoms with van der Waals surface area (Å²) in [5, 5.41) is 9.16. The number of carboxylic acid groups (broad SMARTS) is 1. The first-order chi connectivity index (χ1) is 15.1. The predicted octanol–water partition coefficient (Wildman–Crippen LogP) is 5.29. The molecule has 0 radical (unpaired) electrons. The van der Waals surface area contributed by atoms with E-state index in [0.717, 1.165) is 31.2 Å². The number of carbonyl (C=O) groups excluding carboxylic acids is 1. The highest BCUT2D eigenvalue weighted by molar-refractivity contribution is 6.46. The second-order valence-corrected chi connectivity index (χ2v) is 9.98. The van der Waals surface area contributed by atoms with E-state index in [2.05, 4.69) is 20.8 Å². The molecule has 32 heavy (non-hydrogen) atoms. The molecule has 1 fully saturated rings. The van der Waals surface area contributed by atoms with Crippen molar-refractivity contribution < 1.29 is 19.1 Å². The van der Waals surface area contributed by atoms with Gasteiger partial charge in [0.1, 0.15) is 17.2 Å². The summed E-state index contributed by atoms with van der Waals surface area (Å²) >= 11 is 0. The van der Waals surface area contributed by atoms with Gasteiger partial charge in [-0.3, -0.25) is 9.79 Å². The first-order valence-electron chi connectivity index (χ1n) is 11.1. The number of hydrogen-bond acceptors (Lipinski definition) is 3. The number of halogens is 1. The molecule has 0 saturated heterocycles. The molecule has 1 aliphatic carbocycles. The largest absolute Gasteiger partial charge is 0.478 e. The fraction of sp³-hybridized carbons (Fsp3) is 0.423. The molecule has 5 nitrogen and oxygen atoms in total. The van der Waals surface area contributed by atoms with Gasteiger partial charge >= 0.3 is 5.97 Å². The van der Waals surface area contributed by atoms with Gasteiger partial charge in [-0.05, 0) is 79.0 Å². The molecular weight excluding hydrogens is 407 g/mol. The van der Waals surface area contributed by atoms with Crippen molar-refractivity contribution in [2.75, 3.05) is 0 Å². The van der Waals surface area contributed by atoms with Crippen molar-refractivity contribution in [1.29, 1.82) is 0 Å². The average molecular weight is 437 g/mol. The first kappa shape index (κ1) is 22.2. The van der Waals surface area contributed by atoms with Crippen LogP contribution in [0.4, 0.5) is 4.39 Å². The van der Waals surface area contributed by atoms with Gasteiger partial charge in [-0.2, -0.15) is 0 Å². The number of nitrogens with zero attached hydrogens (tertiary/aromatic N) is 2. The summed E-state index contributed by atoms with van der Waals surface area (Å²) in [5.74, 6) is -0.929. The average Bonchev–Trinajstić information content (AvgIpc) is 3.00. The molecule has 2 aromatic rings. The van der Waals surface area contributed by atoms with Crippen molar-refractivity contribution in [3.8, 4) is 0 Å². The maximum Gasteiger partial charge on any atom is 0.335 e. The standard InChI is InChI=1S/C26H29FN2O3/c1-25(2,3)20-12-14-26(15-13-20)28-22(18-8-10-21(27)11-9-18)23(30)29(26)16-17-4-6-19(7-5-17)24(31)32/h4-11,20H,12-16H2,1-3H3,(H,31,32). The zero-order chi connectivity index (χ0) is 23.1. The van der Waals surface area contributed by atoms with Crippen molar-refractivity contribution in [2.24, 2.45) is 16.3 Å². The van der Waals surface area contributed by atoms with Crippen LogP contribution >= 0.6 is 0 Å². The molecule has 4 rings (SSSR count). The summed E-state index contributed by atoms with van der Waals surface area (Å²) in [6.45, 7) is 7.12. The molecule has 1 aliphatic heterocycles. The van der Waals surface area contributed by atoms with Crippen LogP contribution in [-0.4, -0.2) is 33.3 Å². The number of aromatic carboxylic acids is 1. The lowest BCUT2D eigenvalue weighted by molar-refractivity contribution is -0.130. The molecule has 1 amide bonds. The minimum Gasteiger partial charge on any atom is -0.478 e. The molecule has 168 valence electrons. The Labute approximate surface area is 188 Å². The molecule has 6 heteroatoms. The Hall–Kier alpha value is -3.02. The zero-order valence-electron chi connectivity index (χ0n) is 18.8. The van der Waals surface area contributed by atoms with E-state index in [1.54, 1.807) is 36.4 Å². The van der Waals surface area contributed by atoms with E-state index in [1.807, 2.05) is 4.90 Å². The third kappa shape index (κ3) is 4.18. The monoisotopic (exact) mass is 436 g/mol. The molecule has 2 aliphatic rings. The number of carboxylic acids is 1. The normalized spacial score (nSPS) is 23.5. The molecule has 0 aromatic heterocycles. The summed E-state index contributed by atoms with van der Waals surface area (Å²) in [7, 11) is 0.